The molecule has 3 heterocycles. The standard InChI is InChI=1S/C20H22N8O/c21-13-4-1-2-5-16(13)24-17-8-11-9-22-28-20(29)18(11)19(26-17)25-14-6-3-7-15-12(14)10-23-27-15/h3,6-10,13,16H,1-2,4-5,21H2,(H,23,27)(H,28,29)(H2,24,25,26). The van der Waals surface area contributed by atoms with Gasteiger partial charge in [-0.15, -0.1) is 0 Å². The van der Waals surface area contributed by atoms with Crippen molar-refractivity contribution in [1.29, 1.82) is 0 Å². The molecule has 0 bridgehead atoms. The Kier molecular flexibility index (Phi) is 4.36. The van der Waals surface area contributed by atoms with E-state index in [1.54, 1.807) is 12.4 Å². The Bertz CT molecular complexity index is 1230. The summed E-state index contributed by atoms with van der Waals surface area (Å²) in [5.41, 5.74) is 7.71. The number of rotatable bonds is 4. The maximum absolute atomic E-state index is 12.5. The highest BCUT2D eigenvalue weighted by atomic mass is 16.1. The van der Waals surface area contributed by atoms with Crippen molar-refractivity contribution in [3.8, 4) is 0 Å². The molecule has 2 unspecified atom stereocenters. The van der Waals surface area contributed by atoms with Gasteiger partial charge in [-0.25, -0.2) is 10.1 Å². The zero-order valence-corrected chi connectivity index (χ0v) is 15.8. The van der Waals surface area contributed by atoms with Gasteiger partial charge in [0, 0.05) is 22.9 Å². The van der Waals surface area contributed by atoms with Gasteiger partial charge in [-0.05, 0) is 31.0 Å². The number of fused-ring (bicyclic) bond motifs is 2. The van der Waals surface area contributed by atoms with Crippen LogP contribution in [0, 0.1) is 0 Å². The fourth-order valence-electron chi connectivity index (χ4n) is 4.02. The van der Waals surface area contributed by atoms with Crippen LogP contribution in [0.25, 0.3) is 21.7 Å². The van der Waals surface area contributed by atoms with E-state index >= 15 is 0 Å². The second-order valence-electron chi connectivity index (χ2n) is 7.48. The van der Waals surface area contributed by atoms with Gasteiger partial charge in [0.2, 0.25) is 0 Å². The highest BCUT2D eigenvalue weighted by Gasteiger charge is 2.22. The number of hydrogen-bond donors (Lipinski definition) is 5. The third-order valence-corrected chi connectivity index (χ3v) is 5.54. The van der Waals surface area contributed by atoms with E-state index in [1.165, 1.54) is 0 Å². The van der Waals surface area contributed by atoms with Crippen molar-refractivity contribution in [2.75, 3.05) is 10.6 Å². The van der Waals surface area contributed by atoms with Crippen LogP contribution >= 0.6 is 0 Å². The SMILES string of the molecule is NC1CCCCC1Nc1cc2cn[nH]c(=O)c2c(Nc2cccc3[nH]ncc23)n1. The number of hydrogen-bond acceptors (Lipinski definition) is 7. The molecule has 1 aliphatic carbocycles. The second-order valence-corrected chi connectivity index (χ2v) is 7.48. The molecule has 2 atom stereocenters. The van der Waals surface area contributed by atoms with Gasteiger partial charge in [0.15, 0.2) is 0 Å². The van der Waals surface area contributed by atoms with Crippen LogP contribution in [-0.2, 0) is 0 Å². The summed E-state index contributed by atoms with van der Waals surface area (Å²) in [6.07, 6.45) is 7.69. The number of nitrogens with two attached hydrogens (primary N) is 1. The van der Waals surface area contributed by atoms with Crippen LogP contribution < -0.4 is 21.9 Å². The first-order valence-electron chi connectivity index (χ1n) is 9.79. The lowest BCUT2D eigenvalue weighted by Gasteiger charge is -2.30. The molecule has 0 amide bonds. The smallest absolute Gasteiger partial charge is 0.275 e. The first-order chi connectivity index (χ1) is 14.2. The zero-order chi connectivity index (χ0) is 19.8. The molecule has 0 radical (unpaired) electrons. The van der Waals surface area contributed by atoms with Gasteiger partial charge < -0.3 is 16.4 Å². The molecule has 1 aliphatic rings. The van der Waals surface area contributed by atoms with Gasteiger partial charge in [-0.1, -0.05) is 18.9 Å². The Morgan fingerprint density at radius 3 is 2.86 bits per heavy atom. The van der Waals surface area contributed by atoms with E-state index in [4.69, 9.17) is 10.7 Å². The minimum absolute atomic E-state index is 0.0923. The number of aromatic nitrogens is 5. The third kappa shape index (κ3) is 3.29. The summed E-state index contributed by atoms with van der Waals surface area (Å²) in [4.78, 5) is 17.2. The topological polar surface area (TPSA) is 137 Å². The van der Waals surface area contributed by atoms with Gasteiger partial charge in [0.05, 0.1) is 29.0 Å². The number of aromatic amines is 2. The van der Waals surface area contributed by atoms with E-state index in [1.807, 2.05) is 24.3 Å². The normalized spacial score (nSPS) is 19.5. The first-order valence-corrected chi connectivity index (χ1v) is 9.79. The van der Waals surface area contributed by atoms with Crippen LogP contribution in [0.4, 0.5) is 17.3 Å². The molecule has 9 nitrogen and oxygen atoms in total. The highest BCUT2D eigenvalue weighted by molar-refractivity contribution is 5.98. The van der Waals surface area contributed by atoms with E-state index in [2.05, 4.69) is 31.0 Å². The molecule has 4 aromatic rings. The first kappa shape index (κ1) is 17.6. The average Bonchev–Trinajstić information content (AvgIpc) is 3.20. The summed E-state index contributed by atoms with van der Waals surface area (Å²) in [6, 6.07) is 7.89. The summed E-state index contributed by atoms with van der Waals surface area (Å²) in [7, 11) is 0. The summed E-state index contributed by atoms with van der Waals surface area (Å²) in [5, 5.41) is 22.4. The predicted octanol–water partition coefficient (Wildman–Crippen LogP) is 2.62. The Morgan fingerprint density at radius 1 is 1.10 bits per heavy atom. The van der Waals surface area contributed by atoms with Gasteiger partial charge >= 0.3 is 0 Å². The highest BCUT2D eigenvalue weighted by Crippen LogP contribution is 2.29. The minimum Gasteiger partial charge on any atom is -0.366 e. The monoisotopic (exact) mass is 390 g/mol. The Labute approximate surface area is 166 Å². The van der Waals surface area contributed by atoms with Crippen LogP contribution in [0.1, 0.15) is 25.7 Å². The van der Waals surface area contributed by atoms with Gasteiger partial charge in [0.1, 0.15) is 11.6 Å². The lowest BCUT2D eigenvalue weighted by atomic mass is 9.91. The van der Waals surface area contributed by atoms with Crippen molar-refractivity contribution in [3.63, 3.8) is 0 Å². The molecule has 5 rings (SSSR count). The number of H-pyrrole nitrogens is 2. The third-order valence-electron chi connectivity index (χ3n) is 5.54. The number of pyridine rings is 1. The molecule has 29 heavy (non-hydrogen) atoms. The molecule has 3 aromatic heterocycles. The van der Waals surface area contributed by atoms with Crippen molar-refractivity contribution in [2.45, 2.75) is 37.8 Å². The van der Waals surface area contributed by atoms with Gasteiger partial charge in [-0.3, -0.25) is 9.89 Å². The van der Waals surface area contributed by atoms with Crippen LogP contribution in [0.2, 0.25) is 0 Å². The predicted molar refractivity (Wildman–Crippen MR) is 113 cm³/mol. The number of benzene rings is 1. The second kappa shape index (κ2) is 7.17. The maximum Gasteiger partial charge on any atom is 0.275 e. The van der Waals surface area contributed by atoms with E-state index in [-0.39, 0.29) is 17.6 Å². The van der Waals surface area contributed by atoms with E-state index < -0.39 is 0 Å². The molecule has 9 heteroatoms. The Morgan fingerprint density at radius 2 is 1.97 bits per heavy atom. The average molecular weight is 390 g/mol. The van der Waals surface area contributed by atoms with Crippen molar-refractivity contribution in [2.24, 2.45) is 5.73 Å². The molecule has 0 spiro atoms. The zero-order valence-electron chi connectivity index (χ0n) is 15.8. The molecule has 0 aliphatic heterocycles. The molecule has 1 aromatic carbocycles. The largest absolute Gasteiger partial charge is 0.366 e. The van der Waals surface area contributed by atoms with Crippen LogP contribution in [-0.4, -0.2) is 37.5 Å². The molecular weight excluding hydrogens is 368 g/mol. The molecule has 6 N–H and O–H groups in total. The van der Waals surface area contributed by atoms with Crippen LogP contribution in [0.15, 0.2) is 41.5 Å². The fraction of sp³-hybridized carbons (Fsp3) is 0.300. The summed E-state index contributed by atoms with van der Waals surface area (Å²) >= 11 is 0. The van der Waals surface area contributed by atoms with Crippen molar-refractivity contribution >= 4 is 39.0 Å². The van der Waals surface area contributed by atoms with E-state index in [0.29, 0.717) is 22.4 Å². The van der Waals surface area contributed by atoms with Crippen molar-refractivity contribution < 1.29 is 0 Å². The number of anilines is 3. The fourth-order valence-corrected chi connectivity index (χ4v) is 4.02. The Hall–Kier alpha value is -3.46. The number of nitrogens with one attached hydrogen (secondary N) is 4. The molecule has 148 valence electrons. The van der Waals surface area contributed by atoms with Gasteiger partial charge in [-0.2, -0.15) is 10.2 Å². The molecule has 1 saturated carbocycles. The lowest BCUT2D eigenvalue weighted by molar-refractivity contribution is 0.403. The molecule has 0 saturated heterocycles. The maximum atomic E-state index is 12.5. The summed E-state index contributed by atoms with van der Waals surface area (Å²) in [6.45, 7) is 0. The molecule has 1 fully saturated rings. The quantitative estimate of drug-likeness (QED) is 0.361. The summed E-state index contributed by atoms with van der Waals surface area (Å²) < 4.78 is 0. The summed E-state index contributed by atoms with van der Waals surface area (Å²) in [5.74, 6) is 1.14. The Balaban J connectivity index is 1.59. The molecular formula is C20H22N8O. The van der Waals surface area contributed by atoms with Gasteiger partial charge in [0.25, 0.3) is 5.56 Å². The van der Waals surface area contributed by atoms with Crippen molar-refractivity contribution in [1.82, 2.24) is 25.4 Å². The van der Waals surface area contributed by atoms with E-state index in [0.717, 1.165) is 42.3 Å². The number of nitrogens with zero attached hydrogens (tertiary/aromatic N) is 3. The van der Waals surface area contributed by atoms with Crippen LogP contribution in [0.3, 0.4) is 0 Å². The van der Waals surface area contributed by atoms with Crippen LogP contribution in [0.5, 0.6) is 0 Å². The van der Waals surface area contributed by atoms with E-state index in [9.17, 15) is 4.79 Å². The minimum atomic E-state index is -0.294. The lowest BCUT2D eigenvalue weighted by Crippen LogP contribution is -2.42. The van der Waals surface area contributed by atoms with Crippen molar-refractivity contribution in [3.05, 3.63) is 47.0 Å².